The summed E-state index contributed by atoms with van der Waals surface area (Å²) in [5.41, 5.74) is 3.20. The average molecular weight is 433 g/mol. The Balaban J connectivity index is 1.29. The topological polar surface area (TPSA) is 93.5 Å². The number of thioether (sulfide) groups is 1. The van der Waals surface area contributed by atoms with Gasteiger partial charge in [0.2, 0.25) is 5.91 Å². The second-order valence-corrected chi connectivity index (χ2v) is 7.47. The summed E-state index contributed by atoms with van der Waals surface area (Å²) in [5.74, 6) is 0.441. The molecule has 31 heavy (non-hydrogen) atoms. The van der Waals surface area contributed by atoms with Crippen molar-refractivity contribution in [3.63, 3.8) is 0 Å². The fraction of sp³-hybridized carbons (Fsp3) is 0.0870. The van der Waals surface area contributed by atoms with Crippen molar-refractivity contribution < 1.29 is 18.7 Å². The molecule has 7 nitrogen and oxygen atoms in total. The van der Waals surface area contributed by atoms with Crippen LogP contribution in [0.3, 0.4) is 0 Å². The van der Waals surface area contributed by atoms with Gasteiger partial charge in [0, 0.05) is 16.9 Å². The Hall–Kier alpha value is -3.78. The number of carbonyl (C=O) groups is 2. The Labute approximate surface area is 182 Å². The van der Waals surface area contributed by atoms with Gasteiger partial charge in [0.1, 0.15) is 11.3 Å². The quantitative estimate of drug-likeness (QED) is 0.406. The van der Waals surface area contributed by atoms with Gasteiger partial charge in [-0.3, -0.25) is 9.59 Å². The molecule has 0 fully saturated rings. The van der Waals surface area contributed by atoms with Gasteiger partial charge in [-0.1, -0.05) is 23.9 Å². The van der Waals surface area contributed by atoms with Crippen molar-refractivity contribution in [1.82, 2.24) is 4.98 Å². The minimum absolute atomic E-state index is 0.159. The highest BCUT2D eigenvalue weighted by Gasteiger charge is 2.10. The number of amides is 2. The van der Waals surface area contributed by atoms with E-state index >= 15 is 0 Å². The van der Waals surface area contributed by atoms with Crippen LogP contribution in [0.4, 0.5) is 11.4 Å². The number of ether oxygens (including phenoxy) is 1. The number of aromatic nitrogens is 1. The molecule has 0 spiro atoms. The van der Waals surface area contributed by atoms with E-state index in [4.69, 9.17) is 9.15 Å². The Kier molecular flexibility index (Phi) is 6.18. The van der Waals surface area contributed by atoms with Crippen LogP contribution in [0.25, 0.3) is 11.1 Å². The molecule has 1 aromatic heterocycles. The number of hydrogen-bond donors (Lipinski definition) is 2. The number of anilines is 2. The van der Waals surface area contributed by atoms with E-state index < -0.39 is 0 Å². The van der Waals surface area contributed by atoms with E-state index in [1.54, 1.807) is 55.6 Å². The zero-order valence-electron chi connectivity index (χ0n) is 16.6. The summed E-state index contributed by atoms with van der Waals surface area (Å²) in [6, 6.07) is 21.2. The molecule has 156 valence electrons. The second kappa shape index (κ2) is 9.36. The van der Waals surface area contributed by atoms with E-state index in [0.29, 0.717) is 33.5 Å². The second-order valence-electron chi connectivity index (χ2n) is 6.54. The van der Waals surface area contributed by atoms with Crippen molar-refractivity contribution in [2.24, 2.45) is 0 Å². The number of benzene rings is 3. The summed E-state index contributed by atoms with van der Waals surface area (Å²) in [5, 5.41) is 6.06. The van der Waals surface area contributed by atoms with Gasteiger partial charge in [0.25, 0.3) is 11.1 Å². The maximum Gasteiger partial charge on any atom is 0.257 e. The molecule has 3 aromatic carbocycles. The van der Waals surface area contributed by atoms with Gasteiger partial charge in [-0.15, -0.1) is 0 Å². The molecule has 0 aliphatic carbocycles. The van der Waals surface area contributed by atoms with Crippen LogP contribution < -0.4 is 15.4 Å². The molecule has 2 amide bonds. The number of hydrogen-bond acceptors (Lipinski definition) is 6. The third-order valence-electron chi connectivity index (χ3n) is 4.38. The van der Waals surface area contributed by atoms with E-state index in [2.05, 4.69) is 15.6 Å². The lowest BCUT2D eigenvalue weighted by atomic mass is 10.2. The third kappa shape index (κ3) is 5.23. The minimum atomic E-state index is -0.241. The molecule has 0 saturated heterocycles. The lowest BCUT2D eigenvalue weighted by molar-refractivity contribution is -0.113. The van der Waals surface area contributed by atoms with Crippen LogP contribution in [0.1, 0.15) is 10.4 Å². The highest BCUT2D eigenvalue weighted by atomic mass is 32.2. The van der Waals surface area contributed by atoms with Crippen molar-refractivity contribution in [3.8, 4) is 5.75 Å². The van der Waals surface area contributed by atoms with E-state index in [1.165, 1.54) is 11.8 Å². The standard InChI is InChI=1S/C23H19N3O4S/c1-29-18-12-10-17(11-13-18)25-22(28)15-6-8-16(9-7-15)24-21(27)14-31-23-26-19-4-2-3-5-20(19)30-23/h2-13H,14H2,1H3,(H,24,27)(H,25,28). The van der Waals surface area contributed by atoms with Crippen LogP contribution in [0.15, 0.2) is 82.4 Å². The number of para-hydroxylation sites is 2. The number of methoxy groups -OCH3 is 1. The first-order chi connectivity index (χ1) is 15.1. The number of nitrogens with zero attached hydrogens (tertiary/aromatic N) is 1. The first-order valence-electron chi connectivity index (χ1n) is 9.44. The molecule has 0 radical (unpaired) electrons. The first-order valence-corrected chi connectivity index (χ1v) is 10.4. The van der Waals surface area contributed by atoms with Crippen LogP contribution in [0.5, 0.6) is 5.75 Å². The minimum Gasteiger partial charge on any atom is -0.497 e. The van der Waals surface area contributed by atoms with Gasteiger partial charge in [-0.25, -0.2) is 4.98 Å². The number of fused-ring (bicyclic) bond motifs is 1. The largest absolute Gasteiger partial charge is 0.497 e. The number of oxazole rings is 1. The number of carbonyl (C=O) groups excluding carboxylic acids is 2. The highest BCUT2D eigenvalue weighted by Crippen LogP contribution is 2.23. The summed E-state index contributed by atoms with van der Waals surface area (Å²) in [6.45, 7) is 0. The predicted molar refractivity (Wildman–Crippen MR) is 121 cm³/mol. The van der Waals surface area contributed by atoms with Crippen LogP contribution in [0, 0.1) is 0 Å². The fourth-order valence-electron chi connectivity index (χ4n) is 2.82. The van der Waals surface area contributed by atoms with Gasteiger partial charge in [0.15, 0.2) is 5.58 Å². The molecule has 0 unspecified atom stereocenters. The van der Waals surface area contributed by atoms with Crippen molar-refractivity contribution in [3.05, 3.63) is 78.4 Å². The normalized spacial score (nSPS) is 10.6. The number of rotatable bonds is 7. The van der Waals surface area contributed by atoms with Crippen molar-refractivity contribution in [1.29, 1.82) is 0 Å². The van der Waals surface area contributed by atoms with E-state index in [1.807, 2.05) is 24.3 Å². The Bertz CT molecular complexity index is 1170. The van der Waals surface area contributed by atoms with Crippen LogP contribution >= 0.6 is 11.8 Å². The summed E-state index contributed by atoms with van der Waals surface area (Å²) >= 11 is 1.22. The van der Waals surface area contributed by atoms with E-state index in [-0.39, 0.29) is 17.6 Å². The molecular weight excluding hydrogens is 414 g/mol. The Morgan fingerprint density at radius 3 is 2.32 bits per heavy atom. The summed E-state index contributed by atoms with van der Waals surface area (Å²) in [7, 11) is 1.59. The average Bonchev–Trinajstić information content (AvgIpc) is 3.22. The van der Waals surface area contributed by atoms with Gasteiger partial charge < -0.3 is 19.8 Å². The highest BCUT2D eigenvalue weighted by molar-refractivity contribution is 7.99. The molecule has 1 heterocycles. The fourth-order valence-corrected chi connectivity index (χ4v) is 3.46. The van der Waals surface area contributed by atoms with Crippen LogP contribution in [-0.4, -0.2) is 29.7 Å². The molecule has 0 aliphatic rings. The van der Waals surface area contributed by atoms with E-state index in [0.717, 1.165) is 5.52 Å². The summed E-state index contributed by atoms with van der Waals surface area (Å²) < 4.78 is 10.7. The van der Waals surface area contributed by atoms with Gasteiger partial charge in [-0.2, -0.15) is 0 Å². The van der Waals surface area contributed by atoms with Crippen LogP contribution in [0.2, 0.25) is 0 Å². The molecule has 2 N–H and O–H groups in total. The molecule has 0 bridgehead atoms. The maximum absolute atomic E-state index is 12.4. The van der Waals surface area contributed by atoms with Crippen molar-refractivity contribution in [2.45, 2.75) is 5.22 Å². The molecule has 0 saturated carbocycles. The third-order valence-corrected chi connectivity index (χ3v) is 5.21. The van der Waals surface area contributed by atoms with Gasteiger partial charge in [0.05, 0.1) is 12.9 Å². The molecule has 0 atom stereocenters. The molecule has 8 heteroatoms. The SMILES string of the molecule is COc1ccc(NC(=O)c2ccc(NC(=O)CSc3nc4ccccc4o3)cc2)cc1. The van der Waals surface area contributed by atoms with Gasteiger partial charge >= 0.3 is 0 Å². The summed E-state index contributed by atoms with van der Waals surface area (Å²) in [4.78, 5) is 28.9. The predicted octanol–water partition coefficient (Wildman–Crippen LogP) is 4.82. The first kappa shape index (κ1) is 20.5. The lowest BCUT2D eigenvalue weighted by Gasteiger charge is -2.08. The van der Waals surface area contributed by atoms with Crippen molar-refractivity contribution >= 4 is 46.1 Å². The summed E-state index contributed by atoms with van der Waals surface area (Å²) in [6.07, 6.45) is 0. The van der Waals surface area contributed by atoms with Gasteiger partial charge in [-0.05, 0) is 60.7 Å². The zero-order valence-corrected chi connectivity index (χ0v) is 17.4. The Morgan fingerprint density at radius 1 is 0.935 bits per heavy atom. The molecule has 0 aliphatic heterocycles. The van der Waals surface area contributed by atoms with Crippen molar-refractivity contribution in [2.75, 3.05) is 23.5 Å². The smallest absolute Gasteiger partial charge is 0.257 e. The molecule has 4 rings (SSSR count). The monoisotopic (exact) mass is 433 g/mol. The maximum atomic E-state index is 12.4. The lowest BCUT2D eigenvalue weighted by Crippen LogP contribution is -2.15. The molecule has 4 aromatic rings. The van der Waals surface area contributed by atoms with E-state index in [9.17, 15) is 9.59 Å². The van der Waals surface area contributed by atoms with Crippen LogP contribution in [-0.2, 0) is 4.79 Å². The Morgan fingerprint density at radius 2 is 1.61 bits per heavy atom. The number of nitrogens with one attached hydrogen (secondary N) is 2. The molecular formula is C23H19N3O4S. The zero-order chi connectivity index (χ0) is 21.6.